The van der Waals surface area contributed by atoms with Gasteiger partial charge in [-0.25, -0.2) is 4.90 Å². The number of hydrogen-bond acceptors (Lipinski definition) is 5. The van der Waals surface area contributed by atoms with Crippen LogP contribution in [0, 0.1) is 11.8 Å². The molecule has 0 bridgehead atoms. The van der Waals surface area contributed by atoms with E-state index < -0.39 is 63.7 Å². The molecule has 0 unspecified atom stereocenters. The first-order valence-electron chi connectivity index (χ1n) is 11.3. The van der Waals surface area contributed by atoms with Gasteiger partial charge < -0.3 is 4.74 Å². The summed E-state index contributed by atoms with van der Waals surface area (Å²) < 4.78 is 46.8. The minimum Gasteiger partial charge on any atom is -0.349 e. The van der Waals surface area contributed by atoms with Gasteiger partial charge in [-0.05, 0) is 35.9 Å². The molecule has 2 saturated heterocycles. The number of ketones is 2. The molecule has 6 nitrogen and oxygen atoms in total. The standard InChI is InChI=1S/C27H14Cl2F3NO5/c28-13-7-5-12(6-8-13)21-19-20(26(38-21)22(34)15-3-1-2-4-16(15)23(26)35)25(37)33(24(19)36)14-9-10-18(29)17(11-14)27(30,31)32/h1-11,19-21H/t19-,20-,21+/m0/s1. The van der Waals surface area contributed by atoms with Crippen LogP contribution in [-0.4, -0.2) is 29.0 Å². The molecule has 0 radical (unpaired) electrons. The smallest absolute Gasteiger partial charge is 0.349 e. The van der Waals surface area contributed by atoms with Crippen LogP contribution in [0.4, 0.5) is 18.9 Å². The number of fused-ring (bicyclic) bond motifs is 3. The van der Waals surface area contributed by atoms with Crippen molar-refractivity contribution in [3.8, 4) is 0 Å². The van der Waals surface area contributed by atoms with Gasteiger partial charge in [-0.2, -0.15) is 13.2 Å². The number of anilines is 1. The Hall–Kier alpha value is -3.53. The normalized spacial score (nSPS) is 23.9. The molecule has 2 aliphatic heterocycles. The van der Waals surface area contributed by atoms with E-state index >= 15 is 0 Å². The van der Waals surface area contributed by atoms with Crippen LogP contribution in [0.1, 0.15) is 37.9 Å². The zero-order valence-electron chi connectivity index (χ0n) is 19.0. The maximum atomic E-state index is 13.9. The zero-order valence-corrected chi connectivity index (χ0v) is 20.5. The van der Waals surface area contributed by atoms with E-state index in [0.29, 0.717) is 21.6 Å². The number of benzene rings is 3. The number of rotatable bonds is 2. The predicted molar refractivity (Wildman–Crippen MR) is 129 cm³/mol. The molecule has 38 heavy (non-hydrogen) atoms. The molecule has 3 aromatic rings. The Labute approximate surface area is 222 Å². The van der Waals surface area contributed by atoms with Gasteiger partial charge in [0.25, 0.3) is 0 Å². The number of carbonyl (C=O) groups excluding carboxylic acids is 4. The maximum absolute atomic E-state index is 13.9. The van der Waals surface area contributed by atoms with Crippen molar-refractivity contribution in [1.29, 1.82) is 0 Å². The van der Waals surface area contributed by atoms with E-state index in [1.165, 1.54) is 36.4 Å². The van der Waals surface area contributed by atoms with Crippen LogP contribution in [0.5, 0.6) is 0 Å². The van der Waals surface area contributed by atoms with Crippen LogP contribution < -0.4 is 4.90 Å². The van der Waals surface area contributed by atoms with Crippen LogP contribution in [-0.2, 0) is 20.5 Å². The van der Waals surface area contributed by atoms with Crippen LogP contribution in [0.15, 0.2) is 66.7 Å². The molecular weight excluding hydrogens is 546 g/mol. The van der Waals surface area contributed by atoms with Gasteiger partial charge >= 0.3 is 6.18 Å². The number of imide groups is 1. The molecule has 3 aliphatic rings. The highest BCUT2D eigenvalue weighted by Gasteiger charge is 2.74. The molecule has 3 aromatic carbocycles. The largest absolute Gasteiger partial charge is 0.417 e. The summed E-state index contributed by atoms with van der Waals surface area (Å²) in [6.45, 7) is 0. The highest BCUT2D eigenvalue weighted by molar-refractivity contribution is 6.37. The van der Waals surface area contributed by atoms with E-state index in [1.54, 1.807) is 12.1 Å². The summed E-state index contributed by atoms with van der Waals surface area (Å²) in [6.07, 6.45) is -6.08. The second kappa shape index (κ2) is 8.23. The number of hydrogen-bond donors (Lipinski definition) is 0. The molecule has 2 amide bonds. The topological polar surface area (TPSA) is 80.8 Å². The fourth-order valence-corrected chi connectivity index (χ4v) is 5.95. The Balaban J connectivity index is 1.53. The molecule has 0 N–H and O–H groups in total. The third kappa shape index (κ3) is 3.25. The Bertz CT molecular complexity index is 1530. The third-order valence-electron chi connectivity index (χ3n) is 7.23. The zero-order chi connectivity index (χ0) is 27.1. The molecule has 2 heterocycles. The van der Waals surface area contributed by atoms with E-state index in [2.05, 4.69) is 0 Å². The quantitative estimate of drug-likeness (QED) is 0.297. The summed E-state index contributed by atoms with van der Waals surface area (Å²) in [6, 6.07) is 14.7. The van der Waals surface area contributed by atoms with Crippen molar-refractivity contribution in [2.24, 2.45) is 11.8 Å². The molecule has 192 valence electrons. The predicted octanol–water partition coefficient (Wildman–Crippen LogP) is 5.71. The first-order valence-corrected chi connectivity index (χ1v) is 12.1. The van der Waals surface area contributed by atoms with Crippen LogP contribution in [0.25, 0.3) is 0 Å². The summed E-state index contributed by atoms with van der Waals surface area (Å²) in [5, 5.41) is -0.245. The number of alkyl halides is 3. The van der Waals surface area contributed by atoms with Crippen molar-refractivity contribution >= 4 is 52.3 Å². The molecule has 2 fully saturated rings. The third-order valence-corrected chi connectivity index (χ3v) is 7.81. The van der Waals surface area contributed by atoms with Gasteiger partial charge in [0, 0.05) is 16.1 Å². The van der Waals surface area contributed by atoms with Crippen LogP contribution >= 0.6 is 23.2 Å². The lowest BCUT2D eigenvalue weighted by Gasteiger charge is -2.27. The number of Topliss-reactive ketones (excluding diaryl/α,β-unsaturated/α-hetero) is 2. The Morgan fingerprint density at radius 3 is 2.00 bits per heavy atom. The van der Waals surface area contributed by atoms with Gasteiger partial charge in [0.15, 0.2) is 0 Å². The lowest BCUT2D eigenvalue weighted by molar-refractivity contribution is -0.137. The van der Waals surface area contributed by atoms with E-state index in [4.69, 9.17) is 27.9 Å². The number of ether oxygens (including phenoxy) is 1. The fourth-order valence-electron chi connectivity index (χ4n) is 5.59. The summed E-state index contributed by atoms with van der Waals surface area (Å²) >= 11 is 11.7. The summed E-state index contributed by atoms with van der Waals surface area (Å²) in [5.41, 5.74) is -3.52. The molecule has 3 atom stereocenters. The summed E-state index contributed by atoms with van der Waals surface area (Å²) in [7, 11) is 0. The Kier molecular flexibility index (Phi) is 5.37. The second-order valence-electron chi connectivity index (χ2n) is 9.21. The van der Waals surface area contributed by atoms with Gasteiger partial charge in [-0.1, -0.05) is 59.6 Å². The van der Waals surface area contributed by atoms with E-state index in [1.807, 2.05) is 0 Å². The first-order chi connectivity index (χ1) is 18.0. The highest BCUT2D eigenvalue weighted by Crippen LogP contribution is 2.58. The molecule has 6 rings (SSSR count). The number of carbonyl (C=O) groups is 4. The summed E-state index contributed by atoms with van der Waals surface area (Å²) in [5.74, 6) is -6.44. The highest BCUT2D eigenvalue weighted by atomic mass is 35.5. The SMILES string of the molecule is O=C1[C@@H]2[C@@H](c3ccc(Cl)cc3)OC3(C(=O)c4ccccc4C3=O)[C@@H]2C(=O)N1c1ccc(Cl)c(C(F)(F)F)c1. The van der Waals surface area contributed by atoms with E-state index in [0.717, 1.165) is 12.1 Å². The van der Waals surface area contributed by atoms with Crippen LogP contribution in [0.2, 0.25) is 10.0 Å². The summed E-state index contributed by atoms with van der Waals surface area (Å²) in [4.78, 5) is 55.7. The minimum atomic E-state index is -4.86. The first kappa shape index (κ1) is 24.8. The van der Waals surface area contributed by atoms with Crippen molar-refractivity contribution in [3.05, 3.63) is 99.0 Å². The van der Waals surface area contributed by atoms with Crippen molar-refractivity contribution in [3.63, 3.8) is 0 Å². The maximum Gasteiger partial charge on any atom is 0.417 e. The molecular formula is C27H14Cl2F3NO5. The van der Waals surface area contributed by atoms with Crippen molar-refractivity contribution in [2.45, 2.75) is 17.9 Å². The van der Waals surface area contributed by atoms with Crippen molar-refractivity contribution < 1.29 is 37.1 Å². The molecule has 11 heteroatoms. The molecule has 0 saturated carbocycles. The molecule has 1 spiro atoms. The van der Waals surface area contributed by atoms with E-state index in [9.17, 15) is 32.3 Å². The van der Waals surface area contributed by atoms with Crippen molar-refractivity contribution in [2.75, 3.05) is 4.90 Å². The minimum absolute atomic E-state index is 0.0394. The molecule has 1 aliphatic carbocycles. The monoisotopic (exact) mass is 559 g/mol. The van der Waals surface area contributed by atoms with E-state index in [-0.39, 0.29) is 16.8 Å². The van der Waals surface area contributed by atoms with Gasteiger partial charge in [0.05, 0.1) is 34.2 Å². The van der Waals surface area contributed by atoms with Crippen LogP contribution in [0.3, 0.4) is 0 Å². The van der Waals surface area contributed by atoms with Gasteiger partial charge in [0.2, 0.25) is 29.0 Å². The lowest BCUT2D eigenvalue weighted by atomic mass is 9.77. The van der Waals surface area contributed by atoms with Gasteiger partial charge in [0.1, 0.15) is 0 Å². The number of amides is 2. The Morgan fingerprint density at radius 1 is 0.816 bits per heavy atom. The molecule has 0 aromatic heterocycles. The Morgan fingerprint density at radius 2 is 1.42 bits per heavy atom. The average molecular weight is 560 g/mol. The second-order valence-corrected chi connectivity index (χ2v) is 10.1. The average Bonchev–Trinajstić information content (AvgIpc) is 3.44. The van der Waals surface area contributed by atoms with Gasteiger partial charge in [-0.15, -0.1) is 0 Å². The number of halogens is 5. The van der Waals surface area contributed by atoms with Gasteiger partial charge in [-0.3, -0.25) is 19.2 Å². The van der Waals surface area contributed by atoms with Crippen molar-refractivity contribution in [1.82, 2.24) is 0 Å². The number of nitrogens with zero attached hydrogens (tertiary/aromatic N) is 1. The lowest BCUT2D eigenvalue weighted by Crippen LogP contribution is -2.51. The fraction of sp³-hybridized carbons (Fsp3) is 0.185.